The van der Waals surface area contributed by atoms with Crippen molar-refractivity contribution in [1.82, 2.24) is 0 Å². The van der Waals surface area contributed by atoms with Gasteiger partial charge in [-0.1, -0.05) is 30.4 Å². The van der Waals surface area contributed by atoms with Gasteiger partial charge >= 0.3 is 0 Å². The molecule has 0 saturated heterocycles. The van der Waals surface area contributed by atoms with Gasteiger partial charge in [0, 0.05) is 11.6 Å². The number of anilines is 1. The molecule has 0 bridgehead atoms. The predicted molar refractivity (Wildman–Crippen MR) is 61.3 cm³/mol. The summed E-state index contributed by atoms with van der Waals surface area (Å²) in [6.45, 7) is 7.81. The first-order valence-corrected chi connectivity index (χ1v) is 4.90. The van der Waals surface area contributed by atoms with Crippen molar-refractivity contribution in [3.8, 4) is 0 Å². The van der Waals surface area contributed by atoms with E-state index in [1.54, 1.807) is 0 Å². The van der Waals surface area contributed by atoms with Gasteiger partial charge in [-0.3, -0.25) is 0 Å². The maximum absolute atomic E-state index is 5.93. The smallest absolute Gasteiger partial charge is 0.0355 e. The van der Waals surface area contributed by atoms with E-state index in [2.05, 4.69) is 19.2 Å². The van der Waals surface area contributed by atoms with Crippen molar-refractivity contribution >= 4 is 5.69 Å². The minimum Gasteiger partial charge on any atom is -0.398 e. The fourth-order valence-electron chi connectivity index (χ4n) is 2.10. The standard InChI is InChI=1S/C13H15N/c1-3-5-9(2)11-8-10-6-4-7-12(14)13(10)11/h3-4,6-7,11H,1-2,5,8,14H2. The van der Waals surface area contributed by atoms with Crippen LogP contribution in [0.4, 0.5) is 5.69 Å². The fourth-order valence-corrected chi connectivity index (χ4v) is 2.10. The molecule has 1 aromatic rings. The van der Waals surface area contributed by atoms with Gasteiger partial charge in [0.2, 0.25) is 0 Å². The topological polar surface area (TPSA) is 26.0 Å². The van der Waals surface area contributed by atoms with Gasteiger partial charge in [0.1, 0.15) is 0 Å². The lowest BCUT2D eigenvalue weighted by molar-refractivity contribution is 0.686. The van der Waals surface area contributed by atoms with Crippen molar-refractivity contribution in [3.05, 3.63) is 54.1 Å². The molecule has 0 radical (unpaired) electrons. The van der Waals surface area contributed by atoms with E-state index in [9.17, 15) is 0 Å². The van der Waals surface area contributed by atoms with Crippen LogP contribution in [0.25, 0.3) is 0 Å². The number of benzene rings is 1. The molecule has 0 spiro atoms. The van der Waals surface area contributed by atoms with E-state index in [1.807, 2.05) is 18.2 Å². The molecule has 1 aliphatic carbocycles. The fraction of sp³-hybridized carbons (Fsp3) is 0.231. The minimum atomic E-state index is 0.462. The zero-order chi connectivity index (χ0) is 10.1. The Morgan fingerprint density at radius 3 is 3.00 bits per heavy atom. The van der Waals surface area contributed by atoms with Gasteiger partial charge < -0.3 is 5.73 Å². The molecule has 0 amide bonds. The van der Waals surface area contributed by atoms with Crippen LogP contribution < -0.4 is 5.73 Å². The molecule has 0 heterocycles. The van der Waals surface area contributed by atoms with Crippen LogP contribution in [-0.4, -0.2) is 0 Å². The molecule has 2 N–H and O–H groups in total. The summed E-state index contributed by atoms with van der Waals surface area (Å²) < 4.78 is 0. The zero-order valence-corrected chi connectivity index (χ0v) is 8.29. The highest BCUT2D eigenvalue weighted by Crippen LogP contribution is 2.43. The highest BCUT2D eigenvalue weighted by molar-refractivity contribution is 5.60. The first kappa shape index (κ1) is 9.07. The van der Waals surface area contributed by atoms with Crippen molar-refractivity contribution in [2.24, 2.45) is 0 Å². The summed E-state index contributed by atoms with van der Waals surface area (Å²) in [5, 5.41) is 0. The van der Waals surface area contributed by atoms with Crippen LogP contribution in [0.3, 0.4) is 0 Å². The van der Waals surface area contributed by atoms with Crippen molar-refractivity contribution in [3.63, 3.8) is 0 Å². The van der Waals surface area contributed by atoms with Gasteiger partial charge in [0.05, 0.1) is 0 Å². The zero-order valence-electron chi connectivity index (χ0n) is 8.29. The quantitative estimate of drug-likeness (QED) is 0.568. The van der Waals surface area contributed by atoms with Crippen molar-refractivity contribution in [1.29, 1.82) is 0 Å². The Labute approximate surface area is 84.9 Å². The van der Waals surface area contributed by atoms with Gasteiger partial charge in [0.15, 0.2) is 0 Å². The highest BCUT2D eigenvalue weighted by atomic mass is 14.6. The first-order chi connectivity index (χ1) is 6.74. The third-order valence-electron chi connectivity index (χ3n) is 2.90. The van der Waals surface area contributed by atoms with Gasteiger partial charge in [-0.15, -0.1) is 6.58 Å². The maximum Gasteiger partial charge on any atom is 0.0355 e. The van der Waals surface area contributed by atoms with E-state index in [1.165, 1.54) is 16.7 Å². The van der Waals surface area contributed by atoms with Gasteiger partial charge in [0.25, 0.3) is 0 Å². The van der Waals surface area contributed by atoms with Gasteiger partial charge in [-0.2, -0.15) is 0 Å². The molecule has 1 atom stereocenters. The summed E-state index contributed by atoms with van der Waals surface area (Å²) in [5.41, 5.74) is 10.7. The van der Waals surface area contributed by atoms with Crippen LogP contribution >= 0.6 is 0 Å². The Hall–Kier alpha value is -1.50. The van der Waals surface area contributed by atoms with Crippen LogP contribution in [0.15, 0.2) is 43.0 Å². The number of nitrogens with two attached hydrogens (primary N) is 1. The van der Waals surface area contributed by atoms with E-state index >= 15 is 0 Å². The molecule has 1 nitrogen and oxygen atoms in total. The average molecular weight is 185 g/mol. The SMILES string of the molecule is C=CCC(=C)C1Cc2cccc(N)c21. The number of hydrogen-bond acceptors (Lipinski definition) is 1. The van der Waals surface area contributed by atoms with E-state index < -0.39 is 0 Å². The van der Waals surface area contributed by atoms with E-state index in [0.717, 1.165) is 18.5 Å². The summed E-state index contributed by atoms with van der Waals surface area (Å²) in [7, 11) is 0. The van der Waals surface area contributed by atoms with Gasteiger partial charge in [-0.25, -0.2) is 0 Å². The van der Waals surface area contributed by atoms with E-state index in [0.29, 0.717) is 5.92 Å². The Bertz CT molecular complexity index is 376. The maximum atomic E-state index is 5.93. The Morgan fingerprint density at radius 1 is 1.57 bits per heavy atom. The summed E-state index contributed by atoms with van der Waals surface area (Å²) in [5.74, 6) is 0.462. The molecular formula is C13H15N. The molecular weight excluding hydrogens is 170 g/mol. The molecule has 14 heavy (non-hydrogen) atoms. The molecule has 2 rings (SSSR count). The van der Waals surface area contributed by atoms with Crippen LogP contribution in [-0.2, 0) is 6.42 Å². The molecule has 0 saturated carbocycles. The Balaban J connectivity index is 2.26. The van der Waals surface area contributed by atoms with Crippen LogP contribution in [0.2, 0.25) is 0 Å². The largest absolute Gasteiger partial charge is 0.398 e. The highest BCUT2D eigenvalue weighted by Gasteiger charge is 2.29. The van der Waals surface area contributed by atoms with Crippen LogP contribution in [0.1, 0.15) is 23.5 Å². The number of hydrogen-bond donors (Lipinski definition) is 1. The average Bonchev–Trinajstić information content (AvgIpc) is 2.08. The second kappa shape index (κ2) is 3.33. The van der Waals surface area contributed by atoms with Crippen molar-refractivity contribution < 1.29 is 0 Å². The normalized spacial score (nSPS) is 18.1. The number of rotatable bonds is 3. The van der Waals surface area contributed by atoms with E-state index in [4.69, 9.17) is 5.73 Å². The number of allylic oxidation sites excluding steroid dienone is 2. The van der Waals surface area contributed by atoms with Crippen LogP contribution in [0.5, 0.6) is 0 Å². The molecule has 0 fully saturated rings. The summed E-state index contributed by atoms with van der Waals surface area (Å²) >= 11 is 0. The first-order valence-electron chi connectivity index (χ1n) is 4.90. The summed E-state index contributed by atoms with van der Waals surface area (Å²) in [4.78, 5) is 0. The lowest BCUT2D eigenvalue weighted by Gasteiger charge is -2.33. The third kappa shape index (κ3) is 1.25. The summed E-state index contributed by atoms with van der Waals surface area (Å²) in [6, 6.07) is 6.12. The molecule has 1 aromatic carbocycles. The molecule has 0 aliphatic heterocycles. The van der Waals surface area contributed by atoms with Crippen molar-refractivity contribution in [2.75, 3.05) is 5.73 Å². The van der Waals surface area contributed by atoms with Crippen LogP contribution in [0, 0.1) is 0 Å². The molecule has 1 heteroatoms. The van der Waals surface area contributed by atoms with Crippen molar-refractivity contribution in [2.45, 2.75) is 18.8 Å². The van der Waals surface area contributed by atoms with E-state index in [-0.39, 0.29) is 0 Å². The lowest BCUT2D eigenvalue weighted by Crippen LogP contribution is -2.20. The number of fused-ring (bicyclic) bond motifs is 1. The molecule has 1 aliphatic rings. The second-order valence-corrected chi connectivity index (χ2v) is 3.83. The molecule has 1 unspecified atom stereocenters. The van der Waals surface area contributed by atoms with Gasteiger partial charge in [-0.05, 0) is 30.0 Å². The monoisotopic (exact) mass is 185 g/mol. The molecule has 72 valence electrons. The third-order valence-corrected chi connectivity index (χ3v) is 2.90. The lowest BCUT2D eigenvalue weighted by atomic mass is 9.72. The number of nitrogen functional groups attached to an aromatic ring is 1. The Kier molecular flexibility index (Phi) is 2.16. The Morgan fingerprint density at radius 2 is 2.36 bits per heavy atom. The minimum absolute atomic E-state index is 0.462. The predicted octanol–water partition coefficient (Wildman–Crippen LogP) is 3.04. The molecule has 0 aromatic heterocycles. The summed E-state index contributed by atoms with van der Waals surface area (Å²) in [6.07, 6.45) is 3.88. The second-order valence-electron chi connectivity index (χ2n) is 3.83.